The Hall–Kier alpha value is -3.48. The van der Waals surface area contributed by atoms with Crippen LogP contribution < -0.4 is 4.74 Å². The summed E-state index contributed by atoms with van der Waals surface area (Å²) in [5.41, 5.74) is 3.36. The molecule has 0 unspecified atom stereocenters. The van der Waals surface area contributed by atoms with Gasteiger partial charge in [0.2, 0.25) is 5.89 Å². The number of halogens is 1. The van der Waals surface area contributed by atoms with Gasteiger partial charge in [0, 0.05) is 11.6 Å². The number of aryl methyl sites for hydroxylation is 3. The molecule has 2 aromatic carbocycles. The Bertz CT molecular complexity index is 1150. The molecule has 4 aromatic rings. The fraction of sp³-hybridized carbons (Fsp3) is 0.150. The number of nitrogens with zero attached hydrogens (tertiary/aromatic N) is 3. The van der Waals surface area contributed by atoms with Crippen LogP contribution in [0.25, 0.3) is 22.7 Å². The van der Waals surface area contributed by atoms with E-state index in [2.05, 4.69) is 15.0 Å². The summed E-state index contributed by atoms with van der Waals surface area (Å²) in [4.78, 5) is 12.7. The van der Waals surface area contributed by atoms with Crippen LogP contribution >= 0.6 is 0 Å². The van der Waals surface area contributed by atoms with E-state index < -0.39 is 5.82 Å². The van der Waals surface area contributed by atoms with Gasteiger partial charge >= 0.3 is 6.01 Å². The third kappa shape index (κ3) is 3.19. The number of fused-ring (bicyclic) bond motifs is 1. The van der Waals surface area contributed by atoms with Crippen molar-refractivity contribution in [3.05, 3.63) is 59.0 Å². The van der Waals surface area contributed by atoms with E-state index in [-0.39, 0.29) is 17.5 Å². The lowest BCUT2D eigenvalue weighted by atomic mass is 10.1. The highest BCUT2D eigenvalue weighted by Gasteiger charge is 2.15. The number of hydrogen-bond donors (Lipinski definition) is 0. The molecule has 0 amide bonds. The maximum Gasteiger partial charge on any atom is 0.325 e. The van der Waals surface area contributed by atoms with E-state index in [1.807, 2.05) is 0 Å². The van der Waals surface area contributed by atoms with Crippen molar-refractivity contribution in [1.82, 2.24) is 15.0 Å². The molecule has 27 heavy (non-hydrogen) atoms. The Morgan fingerprint density at radius 3 is 2.48 bits per heavy atom. The molecule has 0 bridgehead atoms. The van der Waals surface area contributed by atoms with Crippen LogP contribution in [0.3, 0.4) is 0 Å². The van der Waals surface area contributed by atoms with Crippen LogP contribution in [0.4, 0.5) is 4.39 Å². The first-order valence-electron chi connectivity index (χ1n) is 8.27. The maximum atomic E-state index is 13.4. The zero-order valence-corrected chi connectivity index (χ0v) is 14.9. The second kappa shape index (κ2) is 6.35. The summed E-state index contributed by atoms with van der Waals surface area (Å²) < 4.78 is 24.7. The molecule has 0 atom stereocenters. The third-order valence-electron chi connectivity index (χ3n) is 4.19. The Morgan fingerprint density at radius 2 is 1.74 bits per heavy atom. The van der Waals surface area contributed by atoms with Crippen molar-refractivity contribution in [2.24, 2.45) is 0 Å². The van der Waals surface area contributed by atoms with Crippen LogP contribution in [0, 0.1) is 26.6 Å². The van der Waals surface area contributed by atoms with E-state index in [9.17, 15) is 9.50 Å². The minimum Gasteiger partial charge on any atom is -0.424 e. The quantitative estimate of drug-likeness (QED) is 0.494. The molecule has 0 aliphatic rings. The molecule has 0 saturated carbocycles. The molecule has 7 heteroatoms. The van der Waals surface area contributed by atoms with Gasteiger partial charge in [-0.05, 0) is 55.7 Å². The molecule has 0 aliphatic carbocycles. The minimum absolute atomic E-state index is 0.00389. The van der Waals surface area contributed by atoms with Gasteiger partial charge in [0.05, 0.1) is 6.20 Å². The summed E-state index contributed by atoms with van der Waals surface area (Å²) in [7, 11) is 0. The van der Waals surface area contributed by atoms with Gasteiger partial charge in [0.25, 0.3) is 5.71 Å². The van der Waals surface area contributed by atoms with Crippen molar-refractivity contribution in [3.63, 3.8) is 0 Å². The monoisotopic (exact) mass is 364 g/mol. The Morgan fingerprint density at radius 1 is 1.00 bits per heavy atom. The Balaban J connectivity index is 1.71. The van der Waals surface area contributed by atoms with E-state index in [4.69, 9.17) is 9.15 Å². The molecule has 1 radical (unpaired) electrons. The maximum absolute atomic E-state index is 13.4. The normalized spacial score (nSPS) is 11.1. The number of aromatic nitrogens is 3. The minimum atomic E-state index is -0.411. The molecule has 4 rings (SSSR count). The van der Waals surface area contributed by atoms with E-state index in [0.717, 1.165) is 5.56 Å². The molecular formula is C20H15FN3O3. The average molecular weight is 364 g/mol. The van der Waals surface area contributed by atoms with E-state index in [0.29, 0.717) is 33.8 Å². The number of oxazole rings is 1. The van der Waals surface area contributed by atoms with Crippen LogP contribution in [-0.2, 0) is 5.11 Å². The molecule has 0 N–H and O–H groups in total. The number of ether oxygens (including phenoxy) is 1. The van der Waals surface area contributed by atoms with Gasteiger partial charge in [0.15, 0.2) is 5.75 Å². The van der Waals surface area contributed by atoms with Crippen molar-refractivity contribution in [3.8, 4) is 29.0 Å². The van der Waals surface area contributed by atoms with Crippen LogP contribution in [-0.4, -0.2) is 15.0 Å². The summed E-state index contributed by atoms with van der Waals surface area (Å²) in [5.74, 6) is 0.248. The molecule has 0 aliphatic heterocycles. The first-order valence-corrected chi connectivity index (χ1v) is 8.27. The molecular weight excluding hydrogens is 349 g/mol. The number of benzene rings is 2. The van der Waals surface area contributed by atoms with Crippen LogP contribution in [0.2, 0.25) is 0 Å². The van der Waals surface area contributed by atoms with Crippen molar-refractivity contribution in [2.45, 2.75) is 20.8 Å². The van der Waals surface area contributed by atoms with Crippen molar-refractivity contribution in [1.29, 1.82) is 0 Å². The smallest absolute Gasteiger partial charge is 0.325 e. The predicted octanol–water partition coefficient (Wildman–Crippen LogP) is 5.29. The largest absolute Gasteiger partial charge is 0.424 e. The second-order valence-electron chi connectivity index (χ2n) is 6.31. The SMILES string of the molecule is Cc1ccc(F)cc1Oc1ncc2nc(-c3cc(C)c([O])c(C)c3)oc2n1. The van der Waals surface area contributed by atoms with Gasteiger partial charge < -0.3 is 9.15 Å². The third-order valence-corrected chi connectivity index (χ3v) is 4.19. The highest BCUT2D eigenvalue weighted by Crippen LogP contribution is 2.31. The summed E-state index contributed by atoms with van der Waals surface area (Å²) in [6.07, 6.45) is 1.47. The lowest BCUT2D eigenvalue weighted by Crippen LogP contribution is -1.94. The average Bonchev–Trinajstić information content (AvgIpc) is 3.06. The van der Waals surface area contributed by atoms with Gasteiger partial charge in [-0.1, -0.05) is 6.07 Å². The molecule has 0 saturated heterocycles. The van der Waals surface area contributed by atoms with Gasteiger partial charge in [-0.2, -0.15) is 4.98 Å². The highest BCUT2D eigenvalue weighted by atomic mass is 19.1. The van der Waals surface area contributed by atoms with Crippen LogP contribution in [0.1, 0.15) is 16.7 Å². The van der Waals surface area contributed by atoms with Gasteiger partial charge in [-0.15, -0.1) is 0 Å². The Labute approximate surface area is 154 Å². The highest BCUT2D eigenvalue weighted by molar-refractivity contribution is 5.72. The summed E-state index contributed by atoms with van der Waals surface area (Å²) in [6.45, 7) is 5.29. The first-order chi connectivity index (χ1) is 12.9. The van der Waals surface area contributed by atoms with Gasteiger partial charge in [0.1, 0.15) is 17.1 Å². The molecule has 0 spiro atoms. The second-order valence-corrected chi connectivity index (χ2v) is 6.31. The van der Waals surface area contributed by atoms with Crippen molar-refractivity contribution in [2.75, 3.05) is 0 Å². The van der Waals surface area contributed by atoms with Crippen molar-refractivity contribution < 1.29 is 18.7 Å². The molecule has 6 nitrogen and oxygen atoms in total. The van der Waals surface area contributed by atoms with Crippen LogP contribution in [0.5, 0.6) is 17.5 Å². The van der Waals surface area contributed by atoms with E-state index in [1.165, 1.54) is 18.3 Å². The molecule has 135 valence electrons. The topological polar surface area (TPSA) is 80.9 Å². The summed E-state index contributed by atoms with van der Waals surface area (Å²) in [5, 5.41) is 11.9. The van der Waals surface area contributed by atoms with Crippen molar-refractivity contribution >= 4 is 11.2 Å². The predicted molar refractivity (Wildman–Crippen MR) is 95.9 cm³/mol. The summed E-state index contributed by atoms with van der Waals surface area (Å²) >= 11 is 0. The fourth-order valence-corrected chi connectivity index (χ4v) is 2.75. The lowest BCUT2D eigenvalue weighted by Gasteiger charge is -2.06. The standard InChI is InChI=1S/C20H15FN3O3/c1-10-4-5-14(21)8-16(10)26-20-22-9-15-19(24-20)27-18(23-15)13-6-11(2)17(25)12(3)7-13/h4-9H,1-3H3. The number of rotatable bonds is 3. The molecule has 2 heterocycles. The Kier molecular flexibility index (Phi) is 3.99. The van der Waals surface area contributed by atoms with E-state index >= 15 is 0 Å². The van der Waals surface area contributed by atoms with Crippen LogP contribution in [0.15, 0.2) is 40.9 Å². The zero-order chi connectivity index (χ0) is 19.1. The van der Waals surface area contributed by atoms with Gasteiger partial charge in [-0.3, -0.25) is 5.11 Å². The van der Waals surface area contributed by atoms with E-state index in [1.54, 1.807) is 39.0 Å². The molecule has 0 fully saturated rings. The first kappa shape index (κ1) is 17.0. The molecule has 2 aromatic heterocycles. The zero-order valence-electron chi connectivity index (χ0n) is 14.9. The summed E-state index contributed by atoms with van der Waals surface area (Å²) in [6, 6.07) is 7.71. The lowest BCUT2D eigenvalue weighted by molar-refractivity contribution is 0.348. The number of hydrogen-bond acceptors (Lipinski definition) is 5. The van der Waals surface area contributed by atoms with Gasteiger partial charge in [-0.25, -0.2) is 14.4 Å². The fourth-order valence-electron chi connectivity index (χ4n) is 2.75.